The summed E-state index contributed by atoms with van der Waals surface area (Å²) in [5.74, 6) is 0. The summed E-state index contributed by atoms with van der Waals surface area (Å²) in [6.45, 7) is 5.40. The van der Waals surface area contributed by atoms with E-state index in [1.165, 1.54) is 0 Å². The van der Waals surface area contributed by atoms with Gasteiger partial charge in [-0.3, -0.25) is 16.2 Å². The van der Waals surface area contributed by atoms with E-state index in [1.54, 1.807) is 12.1 Å². The number of nitrogens with one attached hydrogen (secondary N) is 4. The molecular formula is C24H33F4N5. The molecule has 1 aromatic carbocycles. The number of hydrogen-bond acceptors (Lipinski definition) is 5. The molecule has 0 radical (unpaired) electrons. The van der Waals surface area contributed by atoms with Crippen LogP contribution in [-0.4, -0.2) is 62.1 Å². The number of alkyl halides is 4. The van der Waals surface area contributed by atoms with Crippen molar-refractivity contribution in [2.75, 3.05) is 32.0 Å². The molecule has 5 nitrogen and oxygen atoms in total. The molecular weight excluding hydrogens is 434 g/mol. The van der Waals surface area contributed by atoms with Gasteiger partial charge in [-0.1, -0.05) is 30.9 Å². The first-order chi connectivity index (χ1) is 15.7. The van der Waals surface area contributed by atoms with Crippen LogP contribution < -0.4 is 21.5 Å². The molecule has 182 valence electrons. The Morgan fingerprint density at radius 2 is 2.12 bits per heavy atom. The van der Waals surface area contributed by atoms with Crippen molar-refractivity contribution < 1.29 is 17.6 Å². The lowest BCUT2D eigenvalue weighted by atomic mass is 9.85. The molecule has 0 bridgehead atoms. The van der Waals surface area contributed by atoms with Gasteiger partial charge in [0, 0.05) is 43.0 Å². The van der Waals surface area contributed by atoms with Gasteiger partial charge < -0.3 is 10.2 Å². The van der Waals surface area contributed by atoms with E-state index in [0.717, 1.165) is 31.5 Å². The smallest absolute Gasteiger partial charge is 0.379 e. The van der Waals surface area contributed by atoms with E-state index in [0.29, 0.717) is 36.7 Å². The van der Waals surface area contributed by atoms with Crippen LogP contribution >= 0.6 is 0 Å². The van der Waals surface area contributed by atoms with Gasteiger partial charge in [0.25, 0.3) is 0 Å². The predicted molar refractivity (Wildman–Crippen MR) is 123 cm³/mol. The molecule has 3 aliphatic heterocycles. The highest BCUT2D eigenvalue weighted by Gasteiger charge is 2.41. The van der Waals surface area contributed by atoms with Crippen LogP contribution in [0.4, 0.5) is 23.2 Å². The number of piperidine rings is 1. The van der Waals surface area contributed by atoms with Crippen molar-refractivity contribution in [2.24, 2.45) is 0 Å². The third-order valence-electron chi connectivity index (χ3n) is 6.84. The monoisotopic (exact) mass is 467 g/mol. The lowest BCUT2D eigenvalue weighted by molar-refractivity contribution is -0.0968. The van der Waals surface area contributed by atoms with Crippen molar-refractivity contribution in [3.63, 3.8) is 0 Å². The molecule has 2 fully saturated rings. The van der Waals surface area contributed by atoms with Crippen LogP contribution in [0.5, 0.6) is 0 Å². The molecule has 3 unspecified atom stereocenters. The van der Waals surface area contributed by atoms with E-state index in [4.69, 9.17) is 0 Å². The summed E-state index contributed by atoms with van der Waals surface area (Å²) in [4.78, 5) is 1.95. The largest absolute Gasteiger partial charge is 0.413 e. The van der Waals surface area contributed by atoms with Crippen LogP contribution in [0.2, 0.25) is 0 Å². The molecule has 3 heterocycles. The molecule has 0 spiro atoms. The maximum Gasteiger partial charge on any atom is 0.413 e. The van der Waals surface area contributed by atoms with Crippen LogP contribution in [0.1, 0.15) is 36.4 Å². The fraction of sp³-hybridized carbons (Fsp3) is 0.583. The second kappa shape index (κ2) is 10.1. The SMILES string of the molecule is C=C(C1NC(/C=C/CC2CCNN2)Cc2c(N[C@@H]3CCN(C)C[C@@H]3F)cccc21)C(F)(F)F. The van der Waals surface area contributed by atoms with E-state index in [2.05, 4.69) is 28.1 Å². The molecule has 2 saturated heterocycles. The Morgan fingerprint density at radius 3 is 2.82 bits per heavy atom. The van der Waals surface area contributed by atoms with Gasteiger partial charge in [-0.25, -0.2) is 4.39 Å². The van der Waals surface area contributed by atoms with Gasteiger partial charge >= 0.3 is 6.18 Å². The van der Waals surface area contributed by atoms with Crippen LogP contribution in [-0.2, 0) is 6.42 Å². The number of hydrazine groups is 1. The summed E-state index contributed by atoms with van der Waals surface area (Å²) in [5, 5.41) is 6.45. The fourth-order valence-electron chi connectivity index (χ4n) is 4.93. The number of likely N-dealkylation sites (tertiary alicyclic amines) is 1. The first-order valence-corrected chi connectivity index (χ1v) is 11.6. The summed E-state index contributed by atoms with van der Waals surface area (Å²) in [5.41, 5.74) is 7.52. The van der Waals surface area contributed by atoms with Crippen LogP contribution in [0.3, 0.4) is 0 Å². The van der Waals surface area contributed by atoms with E-state index >= 15 is 0 Å². The first kappa shape index (κ1) is 24.2. The number of nitrogens with zero attached hydrogens (tertiary/aromatic N) is 1. The van der Waals surface area contributed by atoms with Crippen molar-refractivity contribution >= 4 is 5.69 Å². The molecule has 33 heavy (non-hydrogen) atoms. The van der Waals surface area contributed by atoms with Gasteiger partial charge in [-0.15, -0.1) is 0 Å². The maximum atomic E-state index is 14.7. The molecule has 4 N–H and O–H groups in total. The highest BCUT2D eigenvalue weighted by atomic mass is 19.4. The number of rotatable bonds is 6. The van der Waals surface area contributed by atoms with Gasteiger partial charge in [0.2, 0.25) is 0 Å². The third-order valence-corrected chi connectivity index (χ3v) is 6.84. The minimum atomic E-state index is -4.51. The molecule has 0 aromatic heterocycles. The Kier molecular flexibility index (Phi) is 7.43. The van der Waals surface area contributed by atoms with Crippen LogP contribution in [0.25, 0.3) is 0 Å². The zero-order chi connectivity index (χ0) is 23.6. The standard InChI is InChI=1S/C24H33F4N5/c1-15(24(26,27)28)23-18-7-4-8-21(31-22-10-12-33(2)14-20(22)25)19(18)13-17(30-23)6-3-5-16-9-11-29-32-16/h3-4,6-8,16-17,20,22-23,29-32H,1,5,9-14H2,2H3/b6-3+/t16?,17?,20-,22+,23?/m0/s1. The summed E-state index contributed by atoms with van der Waals surface area (Å²) in [6.07, 6.45) is 1.39. The molecule has 1 aromatic rings. The van der Waals surface area contributed by atoms with E-state index in [-0.39, 0.29) is 12.1 Å². The maximum absolute atomic E-state index is 14.7. The minimum absolute atomic E-state index is 0.280. The van der Waals surface area contributed by atoms with Crippen molar-refractivity contribution in [3.05, 3.63) is 53.6 Å². The van der Waals surface area contributed by atoms with Gasteiger partial charge in [-0.05, 0) is 49.9 Å². The topological polar surface area (TPSA) is 51.4 Å². The van der Waals surface area contributed by atoms with Crippen molar-refractivity contribution in [3.8, 4) is 0 Å². The lowest BCUT2D eigenvalue weighted by Gasteiger charge is -2.37. The number of anilines is 1. The second-order valence-corrected chi connectivity index (χ2v) is 9.34. The summed E-state index contributed by atoms with van der Waals surface area (Å²) >= 11 is 0. The van der Waals surface area contributed by atoms with Gasteiger partial charge in [0.15, 0.2) is 0 Å². The predicted octanol–water partition coefficient (Wildman–Crippen LogP) is 3.63. The summed E-state index contributed by atoms with van der Waals surface area (Å²) in [7, 11) is 1.89. The van der Waals surface area contributed by atoms with Crippen molar-refractivity contribution in [1.29, 1.82) is 0 Å². The Balaban J connectivity index is 1.58. The second-order valence-electron chi connectivity index (χ2n) is 9.34. The molecule has 9 heteroatoms. The van der Waals surface area contributed by atoms with Gasteiger partial charge in [-0.2, -0.15) is 13.2 Å². The molecule has 3 aliphatic rings. The summed E-state index contributed by atoms with van der Waals surface area (Å²) < 4.78 is 55.6. The van der Waals surface area contributed by atoms with Gasteiger partial charge in [0.1, 0.15) is 6.17 Å². The Morgan fingerprint density at radius 1 is 1.30 bits per heavy atom. The number of hydrogen-bond donors (Lipinski definition) is 4. The van der Waals surface area contributed by atoms with E-state index < -0.39 is 24.0 Å². The Bertz CT molecular complexity index is 865. The fourth-order valence-corrected chi connectivity index (χ4v) is 4.93. The van der Waals surface area contributed by atoms with E-state index in [9.17, 15) is 17.6 Å². The normalized spacial score (nSPS) is 31.0. The lowest BCUT2D eigenvalue weighted by Crippen LogP contribution is -2.46. The minimum Gasteiger partial charge on any atom is -0.379 e. The quantitative estimate of drug-likeness (QED) is 0.380. The number of fused-ring (bicyclic) bond motifs is 1. The van der Waals surface area contributed by atoms with Crippen molar-refractivity contribution in [2.45, 2.75) is 62.2 Å². The van der Waals surface area contributed by atoms with Crippen LogP contribution in [0.15, 0.2) is 42.5 Å². The van der Waals surface area contributed by atoms with Crippen LogP contribution in [0, 0.1) is 0 Å². The summed E-state index contributed by atoms with van der Waals surface area (Å²) in [6, 6.07) is 3.93. The molecule has 0 saturated carbocycles. The number of benzene rings is 1. The molecule has 0 amide bonds. The van der Waals surface area contributed by atoms with E-state index in [1.807, 2.05) is 30.2 Å². The van der Waals surface area contributed by atoms with Gasteiger partial charge in [0.05, 0.1) is 12.1 Å². The average Bonchev–Trinajstić information content (AvgIpc) is 3.28. The molecule has 5 atom stereocenters. The highest BCUT2D eigenvalue weighted by molar-refractivity contribution is 5.59. The first-order valence-electron chi connectivity index (χ1n) is 11.6. The average molecular weight is 468 g/mol. The molecule has 4 rings (SSSR count). The number of halogens is 4. The zero-order valence-electron chi connectivity index (χ0n) is 18.9. The third kappa shape index (κ3) is 5.77. The Labute approximate surface area is 192 Å². The van der Waals surface area contributed by atoms with Crippen molar-refractivity contribution in [1.82, 2.24) is 21.1 Å². The molecule has 0 aliphatic carbocycles. The highest BCUT2D eigenvalue weighted by Crippen LogP contribution is 2.40. The zero-order valence-corrected chi connectivity index (χ0v) is 18.9. The Hall–Kier alpha value is -1.94.